The van der Waals surface area contributed by atoms with E-state index < -0.39 is 0 Å². The second-order valence-electron chi connectivity index (χ2n) is 2.01. The molecule has 0 aliphatic rings. The van der Waals surface area contributed by atoms with Crippen LogP contribution in [0.2, 0.25) is 0 Å². The molecule has 1 aromatic rings. The van der Waals surface area contributed by atoms with Gasteiger partial charge in [-0.3, -0.25) is 0 Å². The SMILES string of the molecule is CO[C]c1ccccc1OC. The van der Waals surface area contributed by atoms with E-state index in [1.54, 1.807) is 14.2 Å². The number of methoxy groups -OCH3 is 2. The van der Waals surface area contributed by atoms with E-state index in [1.807, 2.05) is 24.3 Å². The third-order valence-electron chi connectivity index (χ3n) is 1.32. The number of hydrogen-bond donors (Lipinski definition) is 0. The Kier molecular flexibility index (Phi) is 2.93. The minimum absolute atomic E-state index is 0.773. The lowest BCUT2D eigenvalue weighted by Crippen LogP contribution is -1.90. The summed E-state index contributed by atoms with van der Waals surface area (Å²) in [4.78, 5) is 0. The third-order valence-corrected chi connectivity index (χ3v) is 1.32. The molecule has 0 spiro atoms. The molecule has 0 aromatic heterocycles. The summed E-state index contributed by atoms with van der Waals surface area (Å²) in [5.41, 5.74) is 0.831. The smallest absolute Gasteiger partial charge is 0.169 e. The molecule has 0 amide bonds. The summed E-state index contributed by atoms with van der Waals surface area (Å²) in [6.07, 6.45) is 0. The first-order valence-corrected chi connectivity index (χ1v) is 3.30. The molecule has 2 radical (unpaired) electrons. The minimum Gasteiger partial charge on any atom is -0.496 e. The Morgan fingerprint density at radius 3 is 2.55 bits per heavy atom. The summed E-state index contributed by atoms with van der Waals surface area (Å²) in [6.45, 7) is 2.70. The molecule has 0 saturated carbocycles. The Morgan fingerprint density at radius 1 is 1.18 bits per heavy atom. The van der Waals surface area contributed by atoms with Crippen LogP contribution in [0.15, 0.2) is 24.3 Å². The summed E-state index contributed by atoms with van der Waals surface area (Å²) in [6, 6.07) is 7.55. The zero-order valence-corrected chi connectivity index (χ0v) is 6.63. The molecule has 0 aliphatic heterocycles. The molecule has 0 atom stereocenters. The summed E-state index contributed by atoms with van der Waals surface area (Å²) in [5, 5.41) is 0. The molecule has 58 valence electrons. The Labute approximate surface area is 66.8 Å². The fourth-order valence-electron chi connectivity index (χ4n) is 0.839. The fourth-order valence-corrected chi connectivity index (χ4v) is 0.839. The number of ether oxygens (including phenoxy) is 2. The van der Waals surface area contributed by atoms with Gasteiger partial charge in [-0.2, -0.15) is 0 Å². The van der Waals surface area contributed by atoms with Gasteiger partial charge in [0.15, 0.2) is 6.61 Å². The molecule has 0 saturated heterocycles. The number of hydrogen-bond acceptors (Lipinski definition) is 2. The van der Waals surface area contributed by atoms with Gasteiger partial charge < -0.3 is 9.47 Å². The van der Waals surface area contributed by atoms with Gasteiger partial charge >= 0.3 is 0 Å². The van der Waals surface area contributed by atoms with Crippen molar-refractivity contribution in [2.24, 2.45) is 0 Å². The Morgan fingerprint density at radius 2 is 1.91 bits per heavy atom. The van der Waals surface area contributed by atoms with E-state index in [9.17, 15) is 0 Å². The molecule has 0 unspecified atom stereocenters. The van der Waals surface area contributed by atoms with Crippen LogP contribution in [0.4, 0.5) is 0 Å². The molecule has 0 N–H and O–H groups in total. The molecule has 0 heterocycles. The van der Waals surface area contributed by atoms with Crippen LogP contribution in [0, 0.1) is 6.61 Å². The zero-order chi connectivity index (χ0) is 8.10. The first-order chi connectivity index (χ1) is 5.38. The molecule has 11 heavy (non-hydrogen) atoms. The van der Waals surface area contributed by atoms with E-state index >= 15 is 0 Å². The zero-order valence-electron chi connectivity index (χ0n) is 6.63. The van der Waals surface area contributed by atoms with E-state index in [1.165, 1.54) is 0 Å². The van der Waals surface area contributed by atoms with Gasteiger partial charge in [-0.1, -0.05) is 18.2 Å². The van der Waals surface area contributed by atoms with E-state index in [2.05, 4.69) is 6.61 Å². The number of para-hydroxylation sites is 1. The Balaban J connectivity index is 2.83. The average Bonchev–Trinajstić information content (AvgIpc) is 2.06. The molecule has 0 bridgehead atoms. The highest BCUT2D eigenvalue weighted by molar-refractivity contribution is 5.36. The summed E-state index contributed by atoms with van der Waals surface area (Å²) < 4.78 is 9.80. The van der Waals surface area contributed by atoms with E-state index in [-0.39, 0.29) is 0 Å². The van der Waals surface area contributed by atoms with Crippen LogP contribution in [-0.4, -0.2) is 14.2 Å². The van der Waals surface area contributed by atoms with Crippen molar-refractivity contribution in [2.45, 2.75) is 0 Å². The van der Waals surface area contributed by atoms with Gasteiger partial charge in [0.25, 0.3) is 0 Å². The van der Waals surface area contributed by atoms with Gasteiger partial charge in [-0.25, -0.2) is 0 Å². The fraction of sp³-hybridized carbons (Fsp3) is 0.222. The molecule has 0 aliphatic carbocycles. The van der Waals surface area contributed by atoms with Crippen LogP contribution in [0.1, 0.15) is 5.56 Å². The molecule has 0 fully saturated rings. The van der Waals surface area contributed by atoms with E-state index in [0.717, 1.165) is 11.3 Å². The molecule has 2 heteroatoms. The van der Waals surface area contributed by atoms with Crippen LogP contribution < -0.4 is 4.74 Å². The van der Waals surface area contributed by atoms with Crippen molar-refractivity contribution in [3.05, 3.63) is 36.4 Å². The van der Waals surface area contributed by atoms with Gasteiger partial charge in [0.1, 0.15) is 5.75 Å². The van der Waals surface area contributed by atoms with Crippen molar-refractivity contribution in [3.8, 4) is 5.75 Å². The lowest BCUT2D eigenvalue weighted by atomic mass is 10.2. The van der Waals surface area contributed by atoms with Crippen LogP contribution in [0.5, 0.6) is 5.75 Å². The molecule has 1 aromatic carbocycles. The second-order valence-corrected chi connectivity index (χ2v) is 2.01. The topological polar surface area (TPSA) is 18.5 Å². The highest BCUT2D eigenvalue weighted by Crippen LogP contribution is 2.18. The van der Waals surface area contributed by atoms with Crippen molar-refractivity contribution in [1.82, 2.24) is 0 Å². The normalized spacial score (nSPS) is 9.64. The van der Waals surface area contributed by atoms with E-state index in [4.69, 9.17) is 9.47 Å². The molecular formula is C9H10O2. The number of rotatable bonds is 3. The van der Waals surface area contributed by atoms with Gasteiger partial charge in [-0.05, 0) is 6.07 Å². The van der Waals surface area contributed by atoms with Crippen LogP contribution >= 0.6 is 0 Å². The van der Waals surface area contributed by atoms with Crippen LogP contribution in [-0.2, 0) is 4.74 Å². The standard InChI is InChI=1S/C9H10O2/c1-10-7-8-5-3-4-6-9(8)11-2/h3-6H,1-2H3. The van der Waals surface area contributed by atoms with Crippen molar-refractivity contribution in [2.75, 3.05) is 14.2 Å². The maximum atomic E-state index is 5.06. The molecule has 1 rings (SSSR count). The van der Waals surface area contributed by atoms with Crippen LogP contribution in [0.3, 0.4) is 0 Å². The average molecular weight is 150 g/mol. The van der Waals surface area contributed by atoms with Crippen molar-refractivity contribution >= 4 is 0 Å². The number of benzene rings is 1. The van der Waals surface area contributed by atoms with Crippen molar-refractivity contribution in [1.29, 1.82) is 0 Å². The maximum absolute atomic E-state index is 5.06. The summed E-state index contributed by atoms with van der Waals surface area (Å²) >= 11 is 0. The quantitative estimate of drug-likeness (QED) is 0.653. The Bertz CT molecular complexity index is 221. The first kappa shape index (κ1) is 8.08. The minimum atomic E-state index is 0.773. The van der Waals surface area contributed by atoms with Crippen molar-refractivity contribution in [3.63, 3.8) is 0 Å². The lowest BCUT2D eigenvalue weighted by molar-refractivity contribution is 0.288. The van der Waals surface area contributed by atoms with Gasteiger partial charge in [0.2, 0.25) is 0 Å². The highest BCUT2D eigenvalue weighted by atomic mass is 16.5. The molecule has 2 nitrogen and oxygen atoms in total. The van der Waals surface area contributed by atoms with E-state index in [0.29, 0.717) is 0 Å². The maximum Gasteiger partial charge on any atom is 0.169 e. The van der Waals surface area contributed by atoms with Gasteiger partial charge in [0, 0.05) is 12.7 Å². The predicted molar refractivity (Wildman–Crippen MR) is 42.3 cm³/mol. The second kappa shape index (κ2) is 3.98. The largest absolute Gasteiger partial charge is 0.496 e. The predicted octanol–water partition coefficient (Wildman–Crippen LogP) is 1.73. The highest BCUT2D eigenvalue weighted by Gasteiger charge is 2.00. The van der Waals surface area contributed by atoms with Crippen LogP contribution in [0.25, 0.3) is 0 Å². The Hall–Kier alpha value is -1.02. The van der Waals surface area contributed by atoms with Gasteiger partial charge in [0.05, 0.1) is 7.11 Å². The molecular weight excluding hydrogens is 140 g/mol. The van der Waals surface area contributed by atoms with Gasteiger partial charge in [-0.15, -0.1) is 0 Å². The van der Waals surface area contributed by atoms with Crippen molar-refractivity contribution < 1.29 is 9.47 Å². The summed E-state index contributed by atoms with van der Waals surface area (Å²) in [7, 11) is 3.18. The monoisotopic (exact) mass is 150 g/mol. The summed E-state index contributed by atoms with van der Waals surface area (Å²) in [5.74, 6) is 0.773. The lowest BCUT2D eigenvalue weighted by Gasteiger charge is -2.04. The third kappa shape index (κ3) is 1.95. The first-order valence-electron chi connectivity index (χ1n) is 3.30.